The van der Waals surface area contributed by atoms with Crippen LogP contribution in [-0.4, -0.2) is 24.7 Å². The van der Waals surface area contributed by atoms with Crippen molar-refractivity contribution in [2.75, 3.05) is 0 Å². The van der Waals surface area contributed by atoms with E-state index in [9.17, 15) is 0 Å². The van der Waals surface area contributed by atoms with Gasteiger partial charge in [-0.25, -0.2) is 9.97 Å². The van der Waals surface area contributed by atoms with Gasteiger partial charge in [-0.1, -0.05) is 5.16 Å². The topological polar surface area (TPSA) is 69.6 Å². The predicted molar refractivity (Wildman–Crippen MR) is 68.1 cm³/mol. The number of pyridine rings is 1. The Morgan fingerprint density at radius 1 is 1.33 bits per heavy atom. The van der Waals surface area contributed by atoms with Crippen LogP contribution in [0.3, 0.4) is 0 Å². The van der Waals surface area contributed by atoms with E-state index in [0.717, 1.165) is 21.5 Å². The van der Waals surface area contributed by atoms with Gasteiger partial charge in [0.1, 0.15) is 5.82 Å². The molecule has 92 valence electrons. The van der Waals surface area contributed by atoms with Crippen molar-refractivity contribution >= 4 is 27.1 Å². The van der Waals surface area contributed by atoms with Crippen LogP contribution in [0, 0.1) is 13.8 Å². The number of fused-ring (bicyclic) bond motifs is 1. The highest BCUT2D eigenvalue weighted by Gasteiger charge is 2.11. The fourth-order valence-electron chi connectivity index (χ4n) is 1.84. The van der Waals surface area contributed by atoms with Gasteiger partial charge in [0.05, 0.1) is 12.1 Å². The van der Waals surface area contributed by atoms with E-state index in [1.54, 1.807) is 13.1 Å². The van der Waals surface area contributed by atoms with Gasteiger partial charge < -0.3 is 9.09 Å². The van der Waals surface area contributed by atoms with Gasteiger partial charge in [0.2, 0.25) is 5.89 Å². The first-order valence-electron chi connectivity index (χ1n) is 5.41. The molecule has 3 heterocycles. The number of rotatable bonds is 2. The van der Waals surface area contributed by atoms with Crippen molar-refractivity contribution in [3.05, 3.63) is 34.3 Å². The molecule has 0 saturated heterocycles. The minimum atomic E-state index is 0.526. The maximum absolute atomic E-state index is 4.97. The molecule has 0 aliphatic heterocycles. The molecule has 0 radical (unpaired) electrons. The van der Waals surface area contributed by atoms with E-state index in [4.69, 9.17) is 4.52 Å². The van der Waals surface area contributed by atoms with Gasteiger partial charge in [0.15, 0.2) is 11.5 Å². The predicted octanol–water partition coefficient (Wildman–Crippen LogP) is 2.24. The number of aromatic nitrogens is 5. The van der Waals surface area contributed by atoms with Crippen molar-refractivity contribution < 1.29 is 4.52 Å². The third-order valence-corrected chi connectivity index (χ3v) is 3.07. The number of imidazole rings is 1. The molecule has 0 spiro atoms. The second kappa shape index (κ2) is 4.16. The van der Waals surface area contributed by atoms with Gasteiger partial charge in [-0.2, -0.15) is 4.98 Å². The average Bonchev–Trinajstić information content (AvgIpc) is 2.86. The Labute approximate surface area is 111 Å². The Kier molecular flexibility index (Phi) is 2.62. The summed E-state index contributed by atoms with van der Waals surface area (Å²) >= 11 is 3.41. The zero-order valence-electron chi connectivity index (χ0n) is 9.88. The summed E-state index contributed by atoms with van der Waals surface area (Å²) in [6.45, 7) is 4.23. The van der Waals surface area contributed by atoms with E-state index in [-0.39, 0.29) is 0 Å². The van der Waals surface area contributed by atoms with Crippen LogP contribution >= 0.6 is 15.9 Å². The van der Waals surface area contributed by atoms with Gasteiger partial charge in [-0.15, -0.1) is 0 Å². The summed E-state index contributed by atoms with van der Waals surface area (Å²) in [7, 11) is 0. The van der Waals surface area contributed by atoms with Crippen molar-refractivity contribution in [1.82, 2.24) is 24.7 Å². The SMILES string of the molecule is Cc1nc(Cn2c(C)nc3ncc(Br)cc32)no1. The van der Waals surface area contributed by atoms with E-state index in [1.807, 2.05) is 17.6 Å². The maximum Gasteiger partial charge on any atom is 0.223 e. The Hall–Kier alpha value is -1.76. The number of hydrogen-bond donors (Lipinski definition) is 0. The van der Waals surface area contributed by atoms with Gasteiger partial charge in [0.25, 0.3) is 0 Å². The lowest BCUT2D eigenvalue weighted by atomic mass is 10.4. The Morgan fingerprint density at radius 2 is 2.17 bits per heavy atom. The van der Waals surface area contributed by atoms with E-state index in [1.165, 1.54) is 0 Å². The molecule has 0 amide bonds. The van der Waals surface area contributed by atoms with Crippen LogP contribution in [0.2, 0.25) is 0 Å². The highest BCUT2D eigenvalue weighted by Crippen LogP contribution is 2.19. The molecule has 3 aromatic heterocycles. The molecule has 0 aromatic carbocycles. The fourth-order valence-corrected chi connectivity index (χ4v) is 2.16. The van der Waals surface area contributed by atoms with Crippen LogP contribution < -0.4 is 0 Å². The van der Waals surface area contributed by atoms with Crippen LogP contribution in [-0.2, 0) is 6.54 Å². The molecule has 0 aliphatic rings. The van der Waals surface area contributed by atoms with E-state index >= 15 is 0 Å². The van der Waals surface area contributed by atoms with Crippen molar-refractivity contribution in [3.63, 3.8) is 0 Å². The lowest BCUT2D eigenvalue weighted by Crippen LogP contribution is -2.03. The smallest absolute Gasteiger partial charge is 0.223 e. The van der Waals surface area contributed by atoms with Crippen molar-refractivity contribution in [1.29, 1.82) is 0 Å². The summed E-state index contributed by atoms with van der Waals surface area (Å²) in [6, 6.07) is 1.98. The lowest BCUT2D eigenvalue weighted by molar-refractivity contribution is 0.386. The van der Waals surface area contributed by atoms with E-state index in [0.29, 0.717) is 18.3 Å². The highest BCUT2D eigenvalue weighted by atomic mass is 79.9. The zero-order valence-corrected chi connectivity index (χ0v) is 11.5. The molecular weight excluding hydrogens is 298 g/mol. The van der Waals surface area contributed by atoms with Gasteiger partial charge in [-0.3, -0.25) is 0 Å². The molecule has 0 bridgehead atoms. The quantitative estimate of drug-likeness (QED) is 0.726. The highest BCUT2D eigenvalue weighted by molar-refractivity contribution is 9.10. The maximum atomic E-state index is 4.97. The summed E-state index contributed by atoms with van der Waals surface area (Å²) in [4.78, 5) is 12.9. The first kappa shape index (κ1) is 11.3. The summed E-state index contributed by atoms with van der Waals surface area (Å²) in [5.74, 6) is 2.07. The van der Waals surface area contributed by atoms with Crippen LogP contribution in [0.4, 0.5) is 0 Å². The molecule has 18 heavy (non-hydrogen) atoms. The average molecular weight is 308 g/mol. The molecule has 0 unspecified atom stereocenters. The molecule has 7 heteroatoms. The van der Waals surface area contributed by atoms with Gasteiger partial charge in [0, 0.05) is 17.6 Å². The lowest BCUT2D eigenvalue weighted by Gasteiger charge is -2.02. The summed E-state index contributed by atoms with van der Waals surface area (Å²) in [6.07, 6.45) is 1.73. The summed E-state index contributed by atoms with van der Waals surface area (Å²) in [5.41, 5.74) is 1.67. The Bertz CT molecular complexity index is 717. The number of hydrogen-bond acceptors (Lipinski definition) is 5. The normalized spacial score (nSPS) is 11.3. The number of nitrogens with zero attached hydrogens (tertiary/aromatic N) is 5. The molecule has 0 aliphatic carbocycles. The molecule has 3 aromatic rings. The second-order valence-corrected chi connectivity index (χ2v) is 4.89. The van der Waals surface area contributed by atoms with Crippen molar-refractivity contribution in [3.8, 4) is 0 Å². The zero-order chi connectivity index (χ0) is 12.7. The van der Waals surface area contributed by atoms with Crippen LogP contribution in [0.5, 0.6) is 0 Å². The molecule has 0 fully saturated rings. The summed E-state index contributed by atoms with van der Waals surface area (Å²) in [5, 5.41) is 3.89. The minimum absolute atomic E-state index is 0.526. The standard InChI is InChI=1S/C11H10BrN5O/c1-6-14-11-9(3-8(12)4-13-11)17(6)5-10-15-7(2)18-16-10/h3-4H,5H2,1-2H3. The Morgan fingerprint density at radius 3 is 2.89 bits per heavy atom. The molecular formula is C11H10BrN5O. The molecule has 0 saturated carbocycles. The monoisotopic (exact) mass is 307 g/mol. The second-order valence-electron chi connectivity index (χ2n) is 3.97. The largest absolute Gasteiger partial charge is 0.340 e. The molecule has 6 nitrogen and oxygen atoms in total. The van der Waals surface area contributed by atoms with Crippen LogP contribution in [0.15, 0.2) is 21.3 Å². The number of aryl methyl sites for hydroxylation is 2. The minimum Gasteiger partial charge on any atom is -0.340 e. The van der Waals surface area contributed by atoms with E-state index < -0.39 is 0 Å². The summed E-state index contributed by atoms with van der Waals surface area (Å²) < 4.78 is 7.90. The van der Waals surface area contributed by atoms with Crippen molar-refractivity contribution in [2.24, 2.45) is 0 Å². The van der Waals surface area contributed by atoms with Gasteiger partial charge in [-0.05, 0) is 28.9 Å². The third kappa shape index (κ3) is 1.90. The third-order valence-electron chi connectivity index (χ3n) is 2.63. The van der Waals surface area contributed by atoms with Crippen LogP contribution in [0.25, 0.3) is 11.2 Å². The molecule has 3 rings (SSSR count). The van der Waals surface area contributed by atoms with E-state index in [2.05, 4.69) is 36.0 Å². The first-order valence-corrected chi connectivity index (χ1v) is 6.20. The molecule has 0 atom stereocenters. The first-order chi connectivity index (χ1) is 8.63. The fraction of sp³-hybridized carbons (Fsp3) is 0.273. The van der Waals surface area contributed by atoms with Crippen LogP contribution in [0.1, 0.15) is 17.5 Å². The van der Waals surface area contributed by atoms with Gasteiger partial charge >= 0.3 is 0 Å². The number of halogens is 1. The molecule has 0 N–H and O–H groups in total. The van der Waals surface area contributed by atoms with Crippen molar-refractivity contribution in [2.45, 2.75) is 20.4 Å². The Balaban J connectivity index is 2.10.